The Bertz CT molecular complexity index is 1610. The van der Waals surface area contributed by atoms with Crippen molar-refractivity contribution in [3.8, 4) is 0 Å². The van der Waals surface area contributed by atoms with Gasteiger partial charge in [-0.2, -0.15) is 0 Å². The molecule has 2 heterocycles. The van der Waals surface area contributed by atoms with E-state index in [-0.39, 0.29) is 45.0 Å². The Morgan fingerprint density at radius 3 is 1.34 bits per heavy atom. The van der Waals surface area contributed by atoms with E-state index in [2.05, 4.69) is 167 Å². The summed E-state index contributed by atoms with van der Waals surface area (Å²) in [5.74, 6) is -0.573. The fourth-order valence-corrected chi connectivity index (χ4v) is 12.2. The molecule has 1 saturated heterocycles. The summed E-state index contributed by atoms with van der Waals surface area (Å²) in [6.45, 7) is 10.5. The van der Waals surface area contributed by atoms with Crippen LogP contribution in [0.15, 0.2) is 146 Å². The van der Waals surface area contributed by atoms with E-state index in [1.807, 2.05) is 24.3 Å². The molecule has 7 rings (SSSR count). The number of halogens is 2. The number of para-hydroxylation sites is 2. The number of nitrogens with one attached hydrogen (secondary N) is 1. The molecule has 53 heavy (non-hydrogen) atoms. The zero-order chi connectivity index (χ0) is 37.8. The van der Waals surface area contributed by atoms with E-state index in [9.17, 15) is 0 Å². The van der Waals surface area contributed by atoms with Gasteiger partial charge in [0.25, 0.3) is 0 Å². The summed E-state index contributed by atoms with van der Waals surface area (Å²) in [5, 5.41) is 13.6. The molecule has 5 aromatic carbocycles. The van der Waals surface area contributed by atoms with Crippen LogP contribution in [0.1, 0.15) is 34.6 Å². The zero-order valence-electron chi connectivity index (χ0n) is 31.0. The predicted molar refractivity (Wildman–Crippen MR) is 231 cm³/mol. The normalized spacial score (nSPS) is 19.2. The van der Waals surface area contributed by atoms with Crippen LogP contribution in [0.3, 0.4) is 0 Å². The van der Waals surface area contributed by atoms with Crippen LogP contribution in [0.2, 0.25) is 0 Å². The van der Waals surface area contributed by atoms with Crippen LogP contribution >= 0.6 is 35.2 Å². The van der Waals surface area contributed by atoms with Gasteiger partial charge >= 0.3 is 34.5 Å². The average molecular weight is 877 g/mol. The molecule has 10 heteroatoms. The summed E-state index contributed by atoms with van der Waals surface area (Å²) in [4.78, 5) is 0. The number of ether oxygens (including phenoxy) is 2. The number of nitrogens with two attached hydrogens (primary N) is 1. The summed E-state index contributed by atoms with van der Waals surface area (Å²) in [6.07, 6.45) is 2.11. The third-order valence-electron chi connectivity index (χ3n) is 9.41. The van der Waals surface area contributed by atoms with Crippen molar-refractivity contribution in [3.05, 3.63) is 151 Å². The van der Waals surface area contributed by atoms with Crippen molar-refractivity contribution in [1.29, 1.82) is 0 Å². The minimum absolute atomic E-state index is 0.00222. The Balaban J connectivity index is 0.000000250. The van der Waals surface area contributed by atoms with Crippen LogP contribution in [-0.2, 0) is 24.6 Å². The molecule has 0 saturated carbocycles. The maximum absolute atomic E-state index is 6.63. The molecule has 0 amide bonds. The second-order valence-electron chi connectivity index (χ2n) is 14.7. The average Bonchev–Trinajstić information content (AvgIpc) is 3.73. The van der Waals surface area contributed by atoms with Gasteiger partial charge in [-0.15, -0.1) is 5.69 Å². The van der Waals surface area contributed by atoms with Gasteiger partial charge in [0.05, 0.1) is 49.4 Å². The van der Waals surface area contributed by atoms with Crippen LogP contribution in [-0.4, -0.2) is 42.5 Å². The maximum atomic E-state index is 6.63. The summed E-state index contributed by atoms with van der Waals surface area (Å²) < 4.78 is 13.3. The molecule has 2 aliphatic rings. The summed E-state index contributed by atoms with van der Waals surface area (Å²) in [6, 6.07) is 51.9. The second kappa shape index (κ2) is 20.0. The number of nitrogens with zero attached hydrogens (tertiary/aromatic N) is 1. The standard InChI is InChI=1S/C31H32O2P2.C12H18N3.2ClH.Ru/c1-31(2)32-29(23-34(25-15-7-3-8-16-25)26-17-9-4-10-18-26)30(33-31)24-35(27-19-11-5-12-20-27)28-21-13-6-14-22-28;1-12(2,3)10(13)11-14-8-6-4-5-7-9(8)15-11;;;/h3-22,29-30H,23-24H2,1-2H3;4-7,10-11,14H,13H2,1-3H3;2*1H;/q;-1;;;+4/t29-,30-;10-,11?;;;/m01.../s1. The van der Waals surface area contributed by atoms with E-state index in [4.69, 9.17) is 34.6 Å². The first-order chi connectivity index (χ1) is 25.5. The van der Waals surface area contributed by atoms with Crippen molar-refractivity contribution in [2.45, 2.75) is 64.8 Å². The number of hydrogen-bond donors (Lipinski definition) is 2. The molecule has 280 valence electrons. The first-order valence-electron chi connectivity index (χ1n) is 17.9. The number of hydrogen-bond acceptors (Lipinski definition) is 4. The van der Waals surface area contributed by atoms with Crippen molar-refractivity contribution < 1.29 is 24.6 Å². The van der Waals surface area contributed by atoms with Gasteiger partial charge in [0, 0.05) is 11.7 Å². The van der Waals surface area contributed by atoms with Crippen LogP contribution in [0.4, 0.5) is 11.4 Å². The number of benzene rings is 5. The first-order valence-corrected chi connectivity index (χ1v) is 25.8. The molecular weight excluding hydrogens is 824 g/mol. The third kappa shape index (κ3) is 12.1. The van der Waals surface area contributed by atoms with Crippen LogP contribution in [0.25, 0.3) is 5.32 Å². The molecule has 0 bridgehead atoms. The van der Waals surface area contributed by atoms with Gasteiger partial charge in [0.2, 0.25) is 0 Å². The minimum atomic E-state index is -1.02. The molecule has 0 radical (unpaired) electrons. The van der Waals surface area contributed by atoms with E-state index in [0.717, 1.165) is 23.7 Å². The van der Waals surface area contributed by atoms with E-state index >= 15 is 0 Å². The van der Waals surface area contributed by atoms with Gasteiger partial charge in [-0.1, -0.05) is 112 Å². The van der Waals surface area contributed by atoms with E-state index < -0.39 is 21.6 Å². The molecule has 5 nitrogen and oxygen atoms in total. The Morgan fingerprint density at radius 1 is 0.660 bits per heavy atom. The van der Waals surface area contributed by atoms with Crippen molar-refractivity contribution >= 4 is 67.8 Å². The van der Waals surface area contributed by atoms with E-state index in [1.165, 1.54) is 21.2 Å². The summed E-state index contributed by atoms with van der Waals surface area (Å²) in [5.41, 5.74) is 8.34. The van der Waals surface area contributed by atoms with Crippen LogP contribution < -0.4 is 32.3 Å². The Kier molecular flexibility index (Phi) is 15.8. The molecule has 1 unspecified atom stereocenters. The first kappa shape index (κ1) is 41.8. The molecule has 5 aromatic rings. The van der Waals surface area contributed by atoms with E-state index in [1.54, 1.807) is 0 Å². The monoisotopic (exact) mass is 876 g/mol. The van der Waals surface area contributed by atoms with Gasteiger partial charge in [0.15, 0.2) is 5.79 Å². The molecule has 1 fully saturated rings. The number of anilines is 1. The Morgan fingerprint density at radius 2 is 1.00 bits per heavy atom. The molecule has 0 aromatic heterocycles. The topological polar surface area (TPSA) is 70.6 Å². The SMILES string of the molecule is CC(C)(C)[C@H](N)C1[N-]c2ccccc2N1.CC1(C)O[C@@H](C[PH+](c2ccccc2)c2ccccc2)[C@H](C[PH+](c2ccccc2)c2ccccc2)O1.[Cl][Ru+2][Cl]. The summed E-state index contributed by atoms with van der Waals surface area (Å²) >= 11 is -0.346. The molecule has 0 aliphatic carbocycles. The van der Waals surface area contributed by atoms with E-state index in [0.29, 0.717) is 0 Å². The van der Waals surface area contributed by atoms with Gasteiger partial charge < -0.3 is 25.8 Å². The molecule has 0 spiro atoms. The molecule has 4 atom stereocenters. The molecular formula is C43H52Cl2N3O2P2Ru+3. The van der Waals surface area contributed by atoms with Gasteiger partial charge in [0.1, 0.15) is 12.2 Å². The quantitative estimate of drug-likeness (QED) is 0.115. The second-order valence-corrected chi connectivity index (χ2v) is 22.4. The zero-order valence-corrected chi connectivity index (χ0v) is 36.3. The fraction of sp³-hybridized carbons (Fsp3) is 0.302. The molecule has 3 N–H and O–H groups in total. The number of rotatable bonds is 9. The van der Waals surface area contributed by atoms with Crippen molar-refractivity contribution in [2.24, 2.45) is 11.1 Å². The van der Waals surface area contributed by atoms with Gasteiger partial charge in [-0.3, -0.25) is 0 Å². The van der Waals surface area contributed by atoms with Crippen LogP contribution in [0, 0.1) is 5.41 Å². The van der Waals surface area contributed by atoms with Gasteiger partial charge in [-0.05, 0) is 80.0 Å². The third-order valence-corrected chi connectivity index (χ3v) is 15.2. The predicted octanol–water partition coefficient (Wildman–Crippen LogP) is 9.43. The molecule has 2 aliphatic heterocycles. The fourth-order valence-electron chi connectivity index (χ4n) is 6.71. The Hall–Kier alpha value is -2.36. The summed E-state index contributed by atoms with van der Waals surface area (Å²) in [7, 11) is 7.66. The Labute approximate surface area is 334 Å². The van der Waals surface area contributed by atoms with Crippen molar-refractivity contribution in [2.75, 3.05) is 17.6 Å². The van der Waals surface area contributed by atoms with Crippen molar-refractivity contribution in [1.82, 2.24) is 0 Å². The van der Waals surface area contributed by atoms with Crippen LogP contribution in [0.5, 0.6) is 0 Å². The number of fused-ring (bicyclic) bond motifs is 1. The van der Waals surface area contributed by atoms with Gasteiger partial charge in [-0.25, -0.2) is 0 Å². The van der Waals surface area contributed by atoms with Crippen molar-refractivity contribution in [3.63, 3.8) is 0 Å².